The Labute approximate surface area is 139 Å². The van der Waals surface area contributed by atoms with Crippen molar-refractivity contribution in [1.82, 2.24) is 9.55 Å². The Morgan fingerprint density at radius 1 is 1.30 bits per heavy atom. The first kappa shape index (κ1) is 14.3. The Morgan fingerprint density at radius 3 is 2.78 bits per heavy atom. The number of nitro groups is 1. The summed E-state index contributed by atoms with van der Waals surface area (Å²) < 4.78 is 16.5. The third-order valence-electron chi connectivity index (χ3n) is 3.98. The average Bonchev–Trinajstić information content (AvgIpc) is 3.28. The lowest BCUT2D eigenvalue weighted by Crippen LogP contribution is -1.98. The van der Waals surface area contributed by atoms with Gasteiger partial charge in [-0.3, -0.25) is 10.1 Å². The SMILES string of the molecule is O=[N+]([O-])c1cc(-c2nc3c(F)cccc3n2C2CC2)ccc1Br. The molecule has 0 bridgehead atoms. The number of rotatable bonds is 3. The number of hydrogen-bond donors (Lipinski definition) is 0. The van der Waals surface area contributed by atoms with Crippen molar-refractivity contribution in [3.8, 4) is 11.4 Å². The summed E-state index contributed by atoms with van der Waals surface area (Å²) in [4.78, 5) is 15.1. The van der Waals surface area contributed by atoms with E-state index in [1.165, 1.54) is 12.1 Å². The van der Waals surface area contributed by atoms with Crippen molar-refractivity contribution in [3.05, 3.63) is 56.8 Å². The molecule has 1 aliphatic carbocycles. The predicted octanol–water partition coefficient (Wildman–Crippen LogP) is 4.85. The van der Waals surface area contributed by atoms with E-state index in [4.69, 9.17) is 0 Å². The van der Waals surface area contributed by atoms with Gasteiger partial charge < -0.3 is 4.57 Å². The molecule has 3 aromatic rings. The molecular formula is C16H11BrFN3O2. The molecule has 23 heavy (non-hydrogen) atoms. The monoisotopic (exact) mass is 375 g/mol. The lowest BCUT2D eigenvalue weighted by Gasteiger charge is -2.08. The zero-order valence-electron chi connectivity index (χ0n) is 11.9. The van der Waals surface area contributed by atoms with Gasteiger partial charge in [0.05, 0.1) is 14.9 Å². The molecule has 7 heteroatoms. The molecule has 116 valence electrons. The summed E-state index contributed by atoms with van der Waals surface area (Å²) in [5, 5.41) is 11.2. The van der Waals surface area contributed by atoms with Crippen LogP contribution < -0.4 is 0 Å². The minimum atomic E-state index is -0.446. The molecule has 1 heterocycles. The third kappa shape index (κ3) is 2.31. The summed E-state index contributed by atoms with van der Waals surface area (Å²) in [5.41, 5.74) is 1.62. The fourth-order valence-electron chi connectivity index (χ4n) is 2.78. The highest BCUT2D eigenvalue weighted by atomic mass is 79.9. The molecule has 0 atom stereocenters. The van der Waals surface area contributed by atoms with Crippen LogP contribution in [0, 0.1) is 15.9 Å². The molecule has 1 fully saturated rings. The second-order valence-electron chi connectivity index (χ2n) is 5.57. The second kappa shape index (κ2) is 5.13. The molecule has 0 saturated heterocycles. The summed E-state index contributed by atoms with van der Waals surface area (Å²) in [7, 11) is 0. The summed E-state index contributed by atoms with van der Waals surface area (Å²) in [6, 6.07) is 10.0. The number of para-hydroxylation sites is 1. The molecule has 0 amide bonds. The minimum absolute atomic E-state index is 0.0302. The van der Waals surface area contributed by atoms with Crippen LogP contribution >= 0.6 is 15.9 Å². The van der Waals surface area contributed by atoms with E-state index < -0.39 is 4.92 Å². The maximum atomic E-state index is 14.1. The lowest BCUT2D eigenvalue weighted by molar-refractivity contribution is -0.385. The van der Waals surface area contributed by atoms with E-state index in [2.05, 4.69) is 20.9 Å². The third-order valence-corrected chi connectivity index (χ3v) is 4.65. The van der Waals surface area contributed by atoms with Gasteiger partial charge in [0.25, 0.3) is 5.69 Å². The zero-order chi connectivity index (χ0) is 16.1. The molecule has 1 aromatic heterocycles. The molecule has 4 rings (SSSR count). The quantitative estimate of drug-likeness (QED) is 0.485. The van der Waals surface area contributed by atoms with Crippen LogP contribution in [-0.2, 0) is 0 Å². The Balaban J connectivity index is 1.99. The standard InChI is InChI=1S/C16H11BrFN3O2/c17-11-7-4-9(8-14(11)21(22)23)16-19-15-12(18)2-1-3-13(15)20(16)10-5-6-10/h1-4,7-8,10H,5-6H2. The van der Waals surface area contributed by atoms with Crippen molar-refractivity contribution in [1.29, 1.82) is 0 Å². The van der Waals surface area contributed by atoms with Crippen LogP contribution in [0.1, 0.15) is 18.9 Å². The van der Waals surface area contributed by atoms with Crippen molar-refractivity contribution in [2.24, 2.45) is 0 Å². The number of halogens is 2. The van der Waals surface area contributed by atoms with Gasteiger partial charge in [-0.1, -0.05) is 6.07 Å². The van der Waals surface area contributed by atoms with Gasteiger partial charge in [-0.05, 0) is 53.0 Å². The summed E-state index contributed by atoms with van der Waals surface area (Å²) >= 11 is 3.18. The van der Waals surface area contributed by atoms with Crippen LogP contribution in [0.3, 0.4) is 0 Å². The average molecular weight is 376 g/mol. The molecule has 1 saturated carbocycles. The maximum Gasteiger partial charge on any atom is 0.284 e. The van der Waals surface area contributed by atoms with E-state index in [1.807, 2.05) is 10.6 Å². The van der Waals surface area contributed by atoms with Gasteiger partial charge in [0, 0.05) is 17.7 Å². The molecule has 1 aliphatic rings. The van der Waals surface area contributed by atoms with Crippen LogP contribution in [-0.4, -0.2) is 14.5 Å². The molecule has 0 radical (unpaired) electrons. The topological polar surface area (TPSA) is 61.0 Å². The molecule has 0 aliphatic heterocycles. The highest BCUT2D eigenvalue weighted by Crippen LogP contribution is 2.42. The number of aromatic nitrogens is 2. The van der Waals surface area contributed by atoms with Crippen molar-refractivity contribution < 1.29 is 9.31 Å². The summed E-state index contributed by atoms with van der Waals surface area (Å²) in [6.45, 7) is 0. The molecule has 2 aromatic carbocycles. The van der Waals surface area contributed by atoms with Crippen LogP contribution in [0.5, 0.6) is 0 Å². The number of benzene rings is 2. The van der Waals surface area contributed by atoms with E-state index in [1.54, 1.807) is 18.2 Å². The van der Waals surface area contributed by atoms with Crippen molar-refractivity contribution >= 4 is 32.7 Å². The van der Waals surface area contributed by atoms with Gasteiger partial charge in [-0.25, -0.2) is 9.37 Å². The first-order valence-corrected chi connectivity index (χ1v) is 7.96. The normalized spacial score (nSPS) is 14.3. The van der Waals surface area contributed by atoms with E-state index in [9.17, 15) is 14.5 Å². The van der Waals surface area contributed by atoms with E-state index in [-0.39, 0.29) is 17.5 Å². The highest BCUT2D eigenvalue weighted by Gasteiger charge is 2.30. The van der Waals surface area contributed by atoms with E-state index in [0.717, 1.165) is 18.4 Å². The van der Waals surface area contributed by atoms with E-state index in [0.29, 0.717) is 21.4 Å². The van der Waals surface area contributed by atoms with Gasteiger partial charge in [-0.15, -0.1) is 0 Å². The fourth-order valence-corrected chi connectivity index (χ4v) is 3.17. The first-order valence-electron chi connectivity index (χ1n) is 7.17. The largest absolute Gasteiger partial charge is 0.321 e. The van der Waals surface area contributed by atoms with Crippen LogP contribution in [0.4, 0.5) is 10.1 Å². The van der Waals surface area contributed by atoms with Gasteiger partial charge in [0.1, 0.15) is 11.3 Å². The van der Waals surface area contributed by atoms with Crippen molar-refractivity contribution in [3.63, 3.8) is 0 Å². The number of imidazole rings is 1. The van der Waals surface area contributed by atoms with Gasteiger partial charge in [-0.2, -0.15) is 0 Å². The number of hydrogen-bond acceptors (Lipinski definition) is 3. The molecule has 0 spiro atoms. The fraction of sp³-hybridized carbons (Fsp3) is 0.188. The van der Waals surface area contributed by atoms with Gasteiger partial charge >= 0.3 is 0 Å². The molecule has 0 N–H and O–H groups in total. The van der Waals surface area contributed by atoms with Crippen LogP contribution in [0.2, 0.25) is 0 Å². The van der Waals surface area contributed by atoms with Crippen molar-refractivity contribution in [2.75, 3.05) is 0 Å². The number of nitrogens with zero attached hydrogens (tertiary/aromatic N) is 3. The number of fused-ring (bicyclic) bond motifs is 1. The van der Waals surface area contributed by atoms with Crippen LogP contribution in [0.15, 0.2) is 40.9 Å². The first-order chi connectivity index (χ1) is 11.1. The number of nitro benzene ring substituents is 1. The predicted molar refractivity (Wildman–Crippen MR) is 87.8 cm³/mol. The minimum Gasteiger partial charge on any atom is -0.321 e. The van der Waals surface area contributed by atoms with Crippen molar-refractivity contribution in [2.45, 2.75) is 18.9 Å². The Hall–Kier alpha value is -2.28. The van der Waals surface area contributed by atoms with Gasteiger partial charge in [0.2, 0.25) is 0 Å². The Kier molecular flexibility index (Phi) is 3.19. The second-order valence-corrected chi connectivity index (χ2v) is 6.42. The smallest absolute Gasteiger partial charge is 0.284 e. The maximum absolute atomic E-state index is 14.1. The molecular weight excluding hydrogens is 365 g/mol. The molecule has 0 unspecified atom stereocenters. The molecule has 5 nitrogen and oxygen atoms in total. The summed E-state index contributed by atoms with van der Waals surface area (Å²) in [5.74, 6) is 0.193. The van der Waals surface area contributed by atoms with E-state index >= 15 is 0 Å². The Bertz CT molecular complexity index is 950. The Morgan fingerprint density at radius 2 is 2.09 bits per heavy atom. The van der Waals surface area contributed by atoms with Crippen LogP contribution in [0.25, 0.3) is 22.4 Å². The zero-order valence-corrected chi connectivity index (χ0v) is 13.5. The summed E-state index contributed by atoms with van der Waals surface area (Å²) in [6.07, 6.45) is 2.02. The lowest BCUT2D eigenvalue weighted by atomic mass is 10.2. The van der Waals surface area contributed by atoms with Gasteiger partial charge in [0.15, 0.2) is 5.82 Å². The highest BCUT2D eigenvalue weighted by molar-refractivity contribution is 9.10.